The van der Waals surface area contributed by atoms with Crippen molar-refractivity contribution in [3.63, 3.8) is 0 Å². The first-order chi connectivity index (χ1) is 10.8. The molecule has 106 valence electrons. The molecule has 22 heavy (non-hydrogen) atoms. The van der Waals surface area contributed by atoms with Crippen LogP contribution in [0.25, 0.3) is 0 Å². The van der Waals surface area contributed by atoms with E-state index in [0.29, 0.717) is 0 Å². The molecular formula is C21H18Sn. The molecule has 0 spiro atoms. The predicted octanol–water partition coefficient (Wildman–Crippen LogP) is 3.35. The zero-order valence-corrected chi connectivity index (χ0v) is 18.4. The molecule has 0 nitrogen and oxygen atoms in total. The van der Waals surface area contributed by atoms with Crippen molar-refractivity contribution in [1.82, 2.24) is 0 Å². The Morgan fingerprint density at radius 1 is 0.591 bits per heavy atom. The van der Waals surface area contributed by atoms with Gasteiger partial charge < -0.3 is 0 Å². The van der Waals surface area contributed by atoms with E-state index >= 15 is 0 Å². The van der Waals surface area contributed by atoms with Crippen LogP contribution in [-0.2, 0) is 3.43 Å². The van der Waals surface area contributed by atoms with Crippen LogP contribution in [0.3, 0.4) is 0 Å². The first-order valence-electron chi connectivity index (χ1n) is 7.48. The molecule has 0 saturated carbocycles. The van der Waals surface area contributed by atoms with Crippen LogP contribution in [0, 0.1) is 11.8 Å². The summed E-state index contributed by atoms with van der Waals surface area (Å²) in [6.07, 6.45) is 0. The maximum atomic E-state index is 3.59. The van der Waals surface area contributed by atoms with Gasteiger partial charge in [0, 0.05) is 0 Å². The minimum absolute atomic E-state index is 0.111. The van der Waals surface area contributed by atoms with Crippen molar-refractivity contribution >= 4 is 22.5 Å². The van der Waals surface area contributed by atoms with Crippen molar-refractivity contribution in [2.45, 2.75) is 3.43 Å². The fourth-order valence-corrected chi connectivity index (χ4v) is 4.83. The molecule has 0 aliphatic rings. The standard InChI is InChI=1S/C21H15.Sn.3H/c1-4-10-18(11-5-1)16-17-21(19-12-6-2-7-13-19)20-14-8-3-9-15-20;;;;/h1-15H;;;;. The minimum atomic E-state index is -0.111. The van der Waals surface area contributed by atoms with E-state index in [0.717, 1.165) is 5.56 Å². The van der Waals surface area contributed by atoms with Crippen molar-refractivity contribution in [3.05, 3.63) is 108 Å². The van der Waals surface area contributed by atoms with Crippen LogP contribution in [0.4, 0.5) is 0 Å². The first-order valence-corrected chi connectivity index (χ1v) is 10.3. The Morgan fingerprint density at radius 3 is 1.45 bits per heavy atom. The summed E-state index contributed by atoms with van der Waals surface area (Å²) >= 11 is 0.287. The third-order valence-electron chi connectivity index (χ3n) is 3.93. The molecule has 3 aromatic rings. The van der Waals surface area contributed by atoms with Gasteiger partial charge in [-0.05, 0) is 0 Å². The molecule has 0 aliphatic heterocycles. The molecule has 0 fully saturated rings. The fraction of sp³-hybridized carbons (Fsp3) is 0.0476. The molecule has 0 saturated heterocycles. The average molecular weight is 389 g/mol. The average Bonchev–Trinajstić information content (AvgIpc) is 2.62. The summed E-state index contributed by atoms with van der Waals surface area (Å²) in [5.41, 5.74) is 3.69. The molecule has 3 rings (SSSR count). The zero-order chi connectivity index (χ0) is 15.3. The summed E-state index contributed by atoms with van der Waals surface area (Å²) in [6.45, 7) is 0. The summed E-state index contributed by atoms with van der Waals surface area (Å²) in [6, 6.07) is 31.6. The second-order valence-corrected chi connectivity index (χ2v) is 9.75. The molecular weight excluding hydrogens is 371 g/mol. The number of hydrogen-bond acceptors (Lipinski definition) is 0. The van der Waals surface area contributed by atoms with Crippen LogP contribution in [-0.4, -0.2) is 22.5 Å². The van der Waals surface area contributed by atoms with Gasteiger partial charge in [0.15, 0.2) is 0 Å². The van der Waals surface area contributed by atoms with E-state index in [4.69, 9.17) is 0 Å². The molecule has 0 heterocycles. The summed E-state index contributed by atoms with van der Waals surface area (Å²) < 4.78 is -0.111. The molecule has 0 radical (unpaired) electrons. The van der Waals surface area contributed by atoms with Gasteiger partial charge in [0.1, 0.15) is 0 Å². The number of benzene rings is 3. The van der Waals surface area contributed by atoms with E-state index in [9.17, 15) is 0 Å². The van der Waals surface area contributed by atoms with Gasteiger partial charge in [-0.15, -0.1) is 0 Å². The van der Waals surface area contributed by atoms with Gasteiger partial charge in [-0.3, -0.25) is 0 Å². The normalized spacial score (nSPS) is 10.7. The van der Waals surface area contributed by atoms with Crippen molar-refractivity contribution in [3.8, 4) is 11.8 Å². The Bertz CT molecular complexity index is 741. The fourth-order valence-electron chi connectivity index (χ4n) is 2.57. The third-order valence-corrected chi connectivity index (χ3v) is 7.94. The topological polar surface area (TPSA) is 0 Å². The second-order valence-electron chi connectivity index (χ2n) is 5.47. The Kier molecular flexibility index (Phi) is 4.65. The van der Waals surface area contributed by atoms with Crippen LogP contribution in [0.15, 0.2) is 91.0 Å². The first kappa shape index (κ1) is 14.9. The van der Waals surface area contributed by atoms with E-state index in [2.05, 4.69) is 84.6 Å². The van der Waals surface area contributed by atoms with Crippen molar-refractivity contribution in [2.75, 3.05) is 0 Å². The van der Waals surface area contributed by atoms with Gasteiger partial charge in [0.2, 0.25) is 0 Å². The van der Waals surface area contributed by atoms with Gasteiger partial charge in [0.05, 0.1) is 0 Å². The van der Waals surface area contributed by atoms with Crippen molar-refractivity contribution in [1.29, 1.82) is 0 Å². The Labute approximate surface area is 145 Å². The van der Waals surface area contributed by atoms with Crippen LogP contribution in [0.1, 0.15) is 16.7 Å². The van der Waals surface area contributed by atoms with Crippen LogP contribution in [0.5, 0.6) is 0 Å². The SMILES string of the molecule is [SnH3][C](C#Cc1ccccc1)(c1ccccc1)c1ccccc1. The van der Waals surface area contributed by atoms with Gasteiger partial charge in [-0.25, -0.2) is 0 Å². The van der Waals surface area contributed by atoms with E-state index < -0.39 is 0 Å². The van der Waals surface area contributed by atoms with E-state index in [1.807, 2.05) is 18.2 Å². The third kappa shape index (κ3) is 3.26. The maximum absolute atomic E-state index is 3.59. The summed E-state index contributed by atoms with van der Waals surface area (Å²) in [4.78, 5) is 0. The monoisotopic (exact) mass is 390 g/mol. The molecule has 0 aliphatic carbocycles. The summed E-state index contributed by atoms with van der Waals surface area (Å²) in [7, 11) is 0. The van der Waals surface area contributed by atoms with E-state index in [1.165, 1.54) is 11.1 Å². The Hall–Kier alpha value is -1.98. The van der Waals surface area contributed by atoms with Gasteiger partial charge in [-0.2, -0.15) is 0 Å². The molecule has 0 N–H and O–H groups in total. The quantitative estimate of drug-likeness (QED) is 0.466. The summed E-state index contributed by atoms with van der Waals surface area (Å²) in [5, 5.41) is 0. The second kappa shape index (κ2) is 6.85. The zero-order valence-electron chi connectivity index (χ0n) is 12.7. The molecule has 1 heteroatoms. The predicted molar refractivity (Wildman–Crippen MR) is 96.9 cm³/mol. The van der Waals surface area contributed by atoms with Crippen molar-refractivity contribution in [2.24, 2.45) is 0 Å². The van der Waals surface area contributed by atoms with Gasteiger partial charge >= 0.3 is 145 Å². The van der Waals surface area contributed by atoms with Gasteiger partial charge in [0.25, 0.3) is 0 Å². The number of rotatable bonds is 2. The summed E-state index contributed by atoms with van der Waals surface area (Å²) in [5.74, 6) is 6.97. The van der Waals surface area contributed by atoms with Crippen LogP contribution >= 0.6 is 0 Å². The Balaban J connectivity index is 2.11. The van der Waals surface area contributed by atoms with E-state index in [1.54, 1.807) is 0 Å². The number of hydrogen-bond donors (Lipinski definition) is 0. The molecule has 0 aromatic heterocycles. The molecule has 0 unspecified atom stereocenters. The molecule has 0 amide bonds. The molecule has 0 atom stereocenters. The van der Waals surface area contributed by atoms with Crippen molar-refractivity contribution < 1.29 is 0 Å². The van der Waals surface area contributed by atoms with Crippen LogP contribution < -0.4 is 0 Å². The molecule has 0 bridgehead atoms. The van der Waals surface area contributed by atoms with E-state index in [-0.39, 0.29) is 26.0 Å². The molecule has 3 aromatic carbocycles. The van der Waals surface area contributed by atoms with Gasteiger partial charge in [-0.1, -0.05) is 0 Å². The van der Waals surface area contributed by atoms with Crippen LogP contribution in [0.2, 0.25) is 0 Å². The Morgan fingerprint density at radius 2 is 1.00 bits per heavy atom.